The molecule has 1 saturated carbocycles. The lowest BCUT2D eigenvalue weighted by Crippen LogP contribution is -2.50. The van der Waals surface area contributed by atoms with Crippen LogP contribution in [0.2, 0.25) is 0 Å². The molecule has 0 N–H and O–H groups in total. The third-order valence-electron chi connectivity index (χ3n) is 5.83. The first-order valence-electron chi connectivity index (χ1n) is 9.00. The van der Waals surface area contributed by atoms with Gasteiger partial charge in [0.2, 0.25) is 5.91 Å². The minimum Gasteiger partial charge on any atom is -0.340 e. The van der Waals surface area contributed by atoms with Gasteiger partial charge in [-0.2, -0.15) is 0 Å². The molecule has 4 rings (SSSR count). The molecule has 122 valence electrons. The van der Waals surface area contributed by atoms with E-state index in [1.165, 1.54) is 19.4 Å². The van der Waals surface area contributed by atoms with Gasteiger partial charge in [-0.1, -0.05) is 42.5 Å². The summed E-state index contributed by atoms with van der Waals surface area (Å²) in [5, 5.41) is 0. The van der Waals surface area contributed by atoms with Crippen molar-refractivity contribution in [3.63, 3.8) is 0 Å². The van der Waals surface area contributed by atoms with Crippen LogP contribution in [0.15, 0.2) is 42.5 Å². The fraction of sp³-hybridized carbons (Fsp3) is 0.550. The number of allylic oxidation sites excluding steroid dienone is 2. The fourth-order valence-corrected chi connectivity index (χ4v) is 4.50. The summed E-state index contributed by atoms with van der Waals surface area (Å²) in [7, 11) is 0. The highest BCUT2D eigenvalue weighted by molar-refractivity contribution is 5.78. The molecule has 1 saturated heterocycles. The van der Waals surface area contributed by atoms with Crippen LogP contribution in [0.4, 0.5) is 0 Å². The highest BCUT2D eigenvalue weighted by Crippen LogP contribution is 2.43. The monoisotopic (exact) mass is 310 g/mol. The third kappa shape index (κ3) is 3.35. The summed E-state index contributed by atoms with van der Waals surface area (Å²) in [5.74, 6) is 2.83. The first-order chi connectivity index (χ1) is 11.3. The van der Waals surface area contributed by atoms with Gasteiger partial charge in [-0.3, -0.25) is 9.69 Å². The first-order valence-corrected chi connectivity index (χ1v) is 9.00. The molecule has 3 aliphatic rings. The van der Waals surface area contributed by atoms with Gasteiger partial charge in [0.15, 0.2) is 0 Å². The van der Waals surface area contributed by atoms with Gasteiger partial charge in [0.25, 0.3) is 0 Å². The van der Waals surface area contributed by atoms with E-state index in [-0.39, 0.29) is 5.91 Å². The average Bonchev–Trinajstić information content (AvgIpc) is 3.19. The zero-order valence-electron chi connectivity index (χ0n) is 13.7. The number of hydrogen-bond donors (Lipinski definition) is 0. The predicted molar refractivity (Wildman–Crippen MR) is 92.0 cm³/mol. The second-order valence-corrected chi connectivity index (χ2v) is 7.38. The number of hydrogen-bond acceptors (Lipinski definition) is 2. The number of carbonyl (C=O) groups excluding carboxylic acids is 1. The maximum Gasteiger partial charge on any atom is 0.227 e. The Morgan fingerprint density at radius 1 is 1.00 bits per heavy atom. The van der Waals surface area contributed by atoms with Crippen LogP contribution in [0.1, 0.15) is 18.4 Å². The van der Waals surface area contributed by atoms with Crippen LogP contribution in [0.3, 0.4) is 0 Å². The topological polar surface area (TPSA) is 23.6 Å². The van der Waals surface area contributed by atoms with E-state index in [0.29, 0.717) is 6.42 Å². The van der Waals surface area contributed by atoms with E-state index in [2.05, 4.69) is 17.1 Å². The van der Waals surface area contributed by atoms with Crippen molar-refractivity contribution in [1.82, 2.24) is 9.80 Å². The number of amides is 1. The van der Waals surface area contributed by atoms with Gasteiger partial charge in [-0.25, -0.2) is 0 Å². The molecule has 0 aromatic heterocycles. The molecule has 0 spiro atoms. The highest BCUT2D eigenvalue weighted by atomic mass is 16.2. The minimum absolute atomic E-state index is 0.277. The average molecular weight is 310 g/mol. The van der Waals surface area contributed by atoms with E-state index >= 15 is 0 Å². The van der Waals surface area contributed by atoms with Gasteiger partial charge in [0.1, 0.15) is 0 Å². The van der Waals surface area contributed by atoms with Crippen molar-refractivity contribution < 1.29 is 4.79 Å². The Morgan fingerprint density at radius 2 is 1.78 bits per heavy atom. The number of piperazine rings is 1. The van der Waals surface area contributed by atoms with Gasteiger partial charge in [-0.05, 0) is 36.2 Å². The molecular formula is C20H26N2O. The first kappa shape index (κ1) is 14.9. The van der Waals surface area contributed by atoms with Crippen molar-refractivity contribution in [2.24, 2.45) is 17.8 Å². The largest absolute Gasteiger partial charge is 0.340 e. The summed E-state index contributed by atoms with van der Waals surface area (Å²) in [6, 6.07) is 10.1. The summed E-state index contributed by atoms with van der Waals surface area (Å²) >= 11 is 0. The van der Waals surface area contributed by atoms with Crippen LogP contribution in [-0.4, -0.2) is 48.4 Å². The lowest BCUT2D eigenvalue weighted by atomic mass is 9.93. The normalized spacial score (nSPS) is 30.1. The maximum absolute atomic E-state index is 12.4. The molecule has 23 heavy (non-hydrogen) atoms. The van der Waals surface area contributed by atoms with Crippen LogP contribution < -0.4 is 0 Å². The van der Waals surface area contributed by atoms with Crippen molar-refractivity contribution in [2.75, 3.05) is 32.7 Å². The smallest absolute Gasteiger partial charge is 0.227 e. The van der Waals surface area contributed by atoms with Crippen molar-refractivity contribution in [2.45, 2.75) is 19.3 Å². The van der Waals surface area contributed by atoms with Crippen molar-refractivity contribution >= 4 is 5.91 Å². The Labute approximate surface area is 139 Å². The summed E-state index contributed by atoms with van der Waals surface area (Å²) in [6.07, 6.45) is 8.17. The molecule has 1 aromatic rings. The molecule has 3 atom stereocenters. The minimum atomic E-state index is 0.277. The number of benzene rings is 1. The Kier molecular flexibility index (Phi) is 4.21. The van der Waals surface area contributed by atoms with Crippen LogP contribution >= 0.6 is 0 Å². The summed E-state index contributed by atoms with van der Waals surface area (Å²) in [6.45, 7) is 5.09. The third-order valence-corrected chi connectivity index (χ3v) is 5.83. The molecule has 2 fully saturated rings. The molecule has 0 unspecified atom stereocenters. The van der Waals surface area contributed by atoms with Crippen molar-refractivity contribution in [3.8, 4) is 0 Å². The molecule has 1 heterocycles. The van der Waals surface area contributed by atoms with Crippen LogP contribution in [0.5, 0.6) is 0 Å². The van der Waals surface area contributed by atoms with E-state index in [1.807, 2.05) is 35.2 Å². The maximum atomic E-state index is 12.4. The Bertz CT molecular complexity index is 575. The van der Waals surface area contributed by atoms with E-state index in [9.17, 15) is 4.79 Å². The highest BCUT2D eigenvalue weighted by Gasteiger charge is 2.36. The number of carbonyl (C=O) groups is 1. The SMILES string of the molecule is O=C(Cc1ccccc1)N1CCN(C[C@H]2C[C@@H]3C=C[C@@H]2C3)CC1. The lowest BCUT2D eigenvalue weighted by molar-refractivity contribution is -0.132. The van der Waals surface area contributed by atoms with Crippen LogP contribution in [0, 0.1) is 17.8 Å². The molecule has 3 nitrogen and oxygen atoms in total. The number of rotatable bonds is 4. The fourth-order valence-electron chi connectivity index (χ4n) is 4.50. The molecular weight excluding hydrogens is 284 g/mol. The number of fused-ring (bicyclic) bond motifs is 2. The van der Waals surface area contributed by atoms with Gasteiger partial charge in [0, 0.05) is 32.7 Å². The van der Waals surface area contributed by atoms with Gasteiger partial charge < -0.3 is 4.90 Å². The molecule has 1 aliphatic heterocycles. The molecule has 0 radical (unpaired) electrons. The van der Waals surface area contributed by atoms with E-state index in [0.717, 1.165) is 49.5 Å². The second kappa shape index (κ2) is 6.48. The summed E-state index contributed by atoms with van der Waals surface area (Å²) < 4.78 is 0. The standard InChI is InChI=1S/C20H26N2O/c23-20(14-16-4-2-1-3-5-16)22-10-8-21(9-11-22)15-19-13-17-6-7-18(19)12-17/h1-7,17-19H,8-15H2/t17-,18-,19-/m1/s1. The quantitative estimate of drug-likeness (QED) is 0.798. The molecule has 2 aliphatic carbocycles. The molecule has 1 amide bonds. The predicted octanol–water partition coefficient (Wildman–Crippen LogP) is 2.59. The van der Waals surface area contributed by atoms with Crippen LogP contribution in [-0.2, 0) is 11.2 Å². The lowest BCUT2D eigenvalue weighted by Gasteiger charge is -2.37. The second-order valence-electron chi connectivity index (χ2n) is 7.38. The van der Waals surface area contributed by atoms with Crippen molar-refractivity contribution in [3.05, 3.63) is 48.0 Å². The Balaban J connectivity index is 1.24. The van der Waals surface area contributed by atoms with Crippen molar-refractivity contribution in [1.29, 1.82) is 0 Å². The zero-order valence-corrected chi connectivity index (χ0v) is 13.7. The van der Waals surface area contributed by atoms with Gasteiger partial charge >= 0.3 is 0 Å². The molecule has 2 bridgehead atoms. The Morgan fingerprint density at radius 3 is 2.43 bits per heavy atom. The van der Waals surface area contributed by atoms with E-state index in [4.69, 9.17) is 0 Å². The summed E-state index contributed by atoms with van der Waals surface area (Å²) in [5.41, 5.74) is 1.12. The molecule has 3 heteroatoms. The van der Waals surface area contributed by atoms with Gasteiger partial charge in [-0.15, -0.1) is 0 Å². The zero-order chi connectivity index (χ0) is 15.6. The van der Waals surface area contributed by atoms with Gasteiger partial charge in [0.05, 0.1) is 6.42 Å². The van der Waals surface area contributed by atoms with E-state index < -0.39 is 0 Å². The summed E-state index contributed by atoms with van der Waals surface area (Å²) in [4.78, 5) is 17.0. The molecule has 1 aromatic carbocycles. The van der Waals surface area contributed by atoms with Crippen LogP contribution in [0.25, 0.3) is 0 Å². The number of nitrogens with zero attached hydrogens (tertiary/aromatic N) is 2. The Hall–Kier alpha value is -1.61. The van der Waals surface area contributed by atoms with E-state index in [1.54, 1.807) is 0 Å².